The molecule has 1 spiro atoms. The summed E-state index contributed by atoms with van der Waals surface area (Å²) in [5.74, 6) is 0.493. The number of likely N-dealkylation sites (tertiary alicyclic amines) is 1. The van der Waals surface area contributed by atoms with E-state index in [0.29, 0.717) is 19.0 Å². The third kappa shape index (κ3) is 3.42. The van der Waals surface area contributed by atoms with Gasteiger partial charge >= 0.3 is 6.09 Å². The molecule has 1 heterocycles. The van der Waals surface area contributed by atoms with Gasteiger partial charge in [0.15, 0.2) is 0 Å². The molecule has 5 nitrogen and oxygen atoms in total. The van der Waals surface area contributed by atoms with Crippen molar-refractivity contribution in [2.45, 2.75) is 64.2 Å². The Morgan fingerprint density at radius 3 is 2.33 bits per heavy atom. The van der Waals surface area contributed by atoms with E-state index in [1.54, 1.807) is 0 Å². The van der Waals surface area contributed by atoms with E-state index in [1.807, 2.05) is 20.8 Å². The van der Waals surface area contributed by atoms with E-state index >= 15 is 0 Å². The zero-order valence-corrected chi connectivity index (χ0v) is 14.3. The summed E-state index contributed by atoms with van der Waals surface area (Å²) in [5.41, 5.74) is 0.117. The minimum Gasteiger partial charge on any atom is -0.465 e. The Labute approximate surface area is 130 Å². The lowest BCUT2D eigenvalue weighted by Gasteiger charge is -2.43. The first-order valence-corrected chi connectivity index (χ1v) is 8.97. The average molecular weight is 316 g/mol. The molecule has 6 heteroatoms. The highest BCUT2D eigenvalue weighted by Gasteiger charge is 2.49. The van der Waals surface area contributed by atoms with E-state index in [-0.39, 0.29) is 16.2 Å². The maximum atomic E-state index is 12.5. The molecule has 2 fully saturated rings. The number of hydrogen-bond donors (Lipinski definition) is 2. The first kappa shape index (κ1) is 16.7. The second kappa shape index (κ2) is 5.88. The summed E-state index contributed by atoms with van der Waals surface area (Å²) in [6.45, 7) is 9.36. The lowest BCUT2D eigenvalue weighted by atomic mass is 9.73. The fourth-order valence-electron chi connectivity index (χ4n) is 3.68. The van der Waals surface area contributed by atoms with Crippen LogP contribution in [0.4, 0.5) is 4.79 Å². The summed E-state index contributed by atoms with van der Waals surface area (Å²) in [6, 6.07) is 0.230. The quantitative estimate of drug-likeness (QED) is 0.822. The SMILES string of the molecule is CC1CCC2(CCN(C(=O)O)CC2)[C@@H]1N[S@](=O)C(C)(C)C. The summed E-state index contributed by atoms with van der Waals surface area (Å²) in [6.07, 6.45) is 3.18. The third-order valence-corrected chi connectivity index (χ3v) is 6.73. The molecule has 0 radical (unpaired) electrons. The van der Waals surface area contributed by atoms with Crippen molar-refractivity contribution in [1.29, 1.82) is 0 Å². The molecule has 1 saturated carbocycles. The molecule has 2 rings (SSSR count). The molecule has 3 atom stereocenters. The van der Waals surface area contributed by atoms with E-state index in [0.717, 1.165) is 25.7 Å². The Hall–Kier alpha value is -0.620. The highest BCUT2D eigenvalue weighted by molar-refractivity contribution is 7.84. The molecule has 0 aromatic rings. The largest absolute Gasteiger partial charge is 0.465 e. The zero-order valence-electron chi connectivity index (χ0n) is 13.5. The van der Waals surface area contributed by atoms with Crippen LogP contribution in [0.3, 0.4) is 0 Å². The summed E-state index contributed by atoms with van der Waals surface area (Å²) in [4.78, 5) is 12.6. The van der Waals surface area contributed by atoms with Crippen LogP contribution in [0.1, 0.15) is 53.4 Å². The normalized spacial score (nSPS) is 30.6. The van der Waals surface area contributed by atoms with Gasteiger partial charge in [-0.1, -0.05) is 6.92 Å². The molecule has 1 unspecified atom stereocenters. The Kier molecular flexibility index (Phi) is 4.69. The summed E-state index contributed by atoms with van der Waals surface area (Å²) < 4.78 is 15.6. The first-order valence-electron chi connectivity index (χ1n) is 7.82. The number of rotatable bonds is 2. The zero-order chi connectivity index (χ0) is 15.8. The molecule has 2 N–H and O–H groups in total. The lowest BCUT2D eigenvalue weighted by Crippen LogP contribution is -2.53. The number of nitrogens with one attached hydrogen (secondary N) is 1. The van der Waals surface area contributed by atoms with E-state index in [2.05, 4.69) is 11.6 Å². The van der Waals surface area contributed by atoms with Crippen LogP contribution >= 0.6 is 0 Å². The van der Waals surface area contributed by atoms with Gasteiger partial charge < -0.3 is 10.0 Å². The predicted octanol–water partition coefficient (Wildman–Crippen LogP) is 2.60. The summed E-state index contributed by atoms with van der Waals surface area (Å²) in [7, 11) is -1.07. The number of piperidine rings is 1. The molecule has 1 saturated heterocycles. The molecule has 122 valence electrons. The van der Waals surface area contributed by atoms with Crippen LogP contribution in [0.5, 0.6) is 0 Å². The molecule has 2 aliphatic rings. The Morgan fingerprint density at radius 1 is 1.29 bits per heavy atom. The Bertz CT molecular complexity index is 425. The average Bonchev–Trinajstić information content (AvgIpc) is 2.68. The minimum atomic E-state index is -1.07. The smallest absolute Gasteiger partial charge is 0.407 e. The van der Waals surface area contributed by atoms with Crippen molar-refractivity contribution >= 4 is 17.1 Å². The van der Waals surface area contributed by atoms with Gasteiger partial charge in [-0.05, 0) is 57.8 Å². The van der Waals surface area contributed by atoms with Crippen molar-refractivity contribution in [2.24, 2.45) is 11.3 Å². The predicted molar refractivity (Wildman–Crippen MR) is 84.5 cm³/mol. The standard InChI is InChI=1S/C15H28N2O3S/c1-11-5-6-15(7-9-17(10-8-15)13(18)19)12(11)16-21(20)14(2,3)4/h11-12,16H,5-10H2,1-4H3,(H,18,19)/t11?,12-,21-/m1/s1. The molecule has 0 aromatic heterocycles. The number of carboxylic acid groups (broad SMARTS) is 1. The maximum absolute atomic E-state index is 12.5. The molecular formula is C15H28N2O3S. The second-order valence-electron chi connectivity index (χ2n) is 7.62. The minimum absolute atomic E-state index is 0.117. The summed E-state index contributed by atoms with van der Waals surface area (Å²) in [5, 5.41) is 9.10. The van der Waals surface area contributed by atoms with Gasteiger partial charge in [0.05, 0.1) is 15.7 Å². The van der Waals surface area contributed by atoms with Crippen LogP contribution in [0.25, 0.3) is 0 Å². The fourth-order valence-corrected chi connectivity index (χ4v) is 4.74. The Balaban J connectivity index is 2.09. The second-order valence-corrected chi connectivity index (χ2v) is 9.62. The van der Waals surface area contributed by atoms with Gasteiger partial charge in [0.1, 0.15) is 0 Å². The third-order valence-electron chi connectivity index (χ3n) is 5.15. The molecular weight excluding hydrogens is 288 g/mol. The number of nitrogens with zero attached hydrogens (tertiary/aromatic N) is 1. The highest BCUT2D eigenvalue weighted by Crippen LogP contribution is 2.49. The molecule has 1 aliphatic heterocycles. The van der Waals surface area contributed by atoms with Crippen molar-refractivity contribution in [3.63, 3.8) is 0 Å². The van der Waals surface area contributed by atoms with Crippen LogP contribution < -0.4 is 4.72 Å². The van der Waals surface area contributed by atoms with Crippen molar-refractivity contribution in [3.8, 4) is 0 Å². The lowest BCUT2D eigenvalue weighted by molar-refractivity contribution is 0.0773. The molecule has 21 heavy (non-hydrogen) atoms. The van der Waals surface area contributed by atoms with E-state index in [4.69, 9.17) is 5.11 Å². The van der Waals surface area contributed by atoms with Crippen LogP contribution in [0.15, 0.2) is 0 Å². The first-order chi connectivity index (χ1) is 9.66. The highest BCUT2D eigenvalue weighted by atomic mass is 32.2. The van der Waals surface area contributed by atoms with E-state index in [9.17, 15) is 9.00 Å². The molecule has 0 bridgehead atoms. The van der Waals surface area contributed by atoms with Crippen LogP contribution in [-0.2, 0) is 11.0 Å². The number of hydrogen-bond acceptors (Lipinski definition) is 2. The van der Waals surface area contributed by atoms with Gasteiger partial charge in [-0.15, -0.1) is 0 Å². The summed E-state index contributed by atoms with van der Waals surface area (Å²) >= 11 is 0. The fraction of sp³-hybridized carbons (Fsp3) is 0.933. The van der Waals surface area contributed by atoms with Gasteiger partial charge in [0.25, 0.3) is 0 Å². The number of carbonyl (C=O) groups is 1. The molecule has 0 aromatic carbocycles. The van der Waals surface area contributed by atoms with Crippen molar-refractivity contribution < 1.29 is 14.1 Å². The Morgan fingerprint density at radius 2 is 1.86 bits per heavy atom. The van der Waals surface area contributed by atoms with Crippen LogP contribution in [-0.4, -0.2) is 44.2 Å². The van der Waals surface area contributed by atoms with Crippen molar-refractivity contribution in [3.05, 3.63) is 0 Å². The van der Waals surface area contributed by atoms with Crippen molar-refractivity contribution in [2.75, 3.05) is 13.1 Å². The topological polar surface area (TPSA) is 69.6 Å². The van der Waals surface area contributed by atoms with Crippen LogP contribution in [0, 0.1) is 11.3 Å². The van der Waals surface area contributed by atoms with Gasteiger partial charge in [-0.2, -0.15) is 0 Å². The van der Waals surface area contributed by atoms with Crippen LogP contribution in [0.2, 0.25) is 0 Å². The van der Waals surface area contributed by atoms with Gasteiger partial charge in [-0.3, -0.25) is 0 Å². The van der Waals surface area contributed by atoms with Gasteiger partial charge in [-0.25, -0.2) is 13.7 Å². The maximum Gasteiger partial charge on any atom is 0.407 e. The van der Waals surface area contributed by atoms with E-state index in [1.165, 1.54) is 4.90 Å². The monoisotopic (exact) mass is 316 g/mol. The van der Waals surface area contributed by atoms with Crippen molar-refractivity contribution in [1.82, 2.24) is 9.62 Å². The van der Waals surface area contributed by atoms with E-state index < -0.39 is 17.1 Å². The van der Waals surface area contributed by atoms with Gasteiger partial charge in [0, 0.05) is 19.1 Å². The van der Waals surface area contributed by atoms with Gasteiger partial charge in [0.2, 0.25) is 0 Å². The molecule has 1 aliphatic carbocycles. The molecule has 1 amide bonds. The number of amides is 1.